The topological polar surface area (TPSA) is 29.0 Å². The average molecular weight is 300 g/mol. The molecule has 0 saturated carbocycles. The molecule has 16 heavy (non-hydrogen) atoms. The van der Waals surface area contributed by atoms with Gasteiger partial charge in [-0.3, -0.25) is 0 Å². The van der Waals surface area contributed by atoms with Gasteiger partial charge in [-0.15, -0.1) is 11.3 Å². The summed E-state index contributed by atoms with van der Waals surface area (Å²) < 4.78 is 0. The number of halogens is 1. The van der Waals surface area contributed by atoms with E-state index in [2.05, 4.69) is 57.8 Å². The zero-order chi connectivity index (χ0) is 11.7. The Labute approximate surface area is 108 Å². The maximum atomic E-state index is 4.37. The number of hydrogen-bond acceptors (Lipinski definition) is 4. The summed E-state index contributed by atoms with van der Waals surface area (Å²) in [7, 11) is 2.06. The van der Waals surface area contributed by atoms with E-state index in [1.165, 1.54) is 4.88 Å². The van der Waals surface area contributed by atoms with Gasteiger partial charge >= 0.3 is 0 Å². The summed E-state index contributed by atoms with van der Waals surface area (Å²) in [4.78, 5) is 13.6. The molecule has 0 N–H and O–H groups in total. The molecule has 0 fully saturated rings. The van der Waals surface area contributed by atoms with E-state index in [0.717, 1.165) is 22.6 Å². The normalized spacial score (nSPS) is 13.0. The number of aryl methyl sites for hydroxylation is 1. The monoisotopic (exact) mass is 299 g/mol. The van der Waals surface area contributed by atoms with Crippen LogP contribution in [0.5, 0.6) is 0 Å². The van der Waals surface area contributed by atoms with Crippen LogP contribution >= 0.6 is 27.3 Å². The van der Waals surface area contributed by atoms with Gasteiger partial charge in [-0.05, 0) is 13.0 Å². The summed E-state index contributed by atoms with van der Waals surface area (Å²) in [6.07, 6.45) is 1.64. The molecule has 1 atom stereocenters. The second-order valence-electron chi connectivity index (χ2n) is 3.93. The molecular weight excluding hydrogens is 286 g/mol. The third-order valence-electron chi connectivity index (χ3n) is 2.32. The van der Waals surface area contributed by atoms with Crippen molar-refractivity contribution in [1.29, 1.82) is 0 Å². The molecule has 2 aromatic heterocycles. The number of aromatic nitrogens is 2. The SMILES string of the molecule is Cc1cc2c(N(C)CC(C)Br)ncnc2s1. The smallest absolute Gasteiger partial charge is 0.140 e. The van der Waals surface area contributed by atoms with E-state index in [9.17, 15) is 0 Å². The largest absolute Gasteiger partial charge is 0.358 e. The molecule has 0 aliphatic heterocycles. The van der Waals surface area contributed by atoms with Crippen LogP contribution in [-0.2, 0) is 0 Å². The summed E-state index contributed by atoms with van der Waals surface area (Å²) in [5.74, 6) is 1.01. The number of rotatable bonds is 3. The lowest BCUT2D eigenvalue weighted by molar-refractivity contribution is 0.863. The van der Waals surface area contributed by atoms with E-state index in [-0.39, 0.29) is 0 Å². The van der Waals surface area contributed by atoms with Crippen LogP contribution in [0.1, 0.15) is 11.8 Å². The number of anilines is 1. The molecule has 0 bridgehead atoms. The van der Waals surface area contributed by atoms with E-state index in [0.29, 0.717) is 4.83 Å². The van der Waals surface area contributed by atoms with Crippen LogP contribution in [0.15, 0.2) is 12.4 Å². The molecule has 0 aliphatic carbocycles. The van der Waals surface area contributed by atoms with E-state index in [1.54, 1.807) is 17.7 Å². The molecule has 0 amide bonds. The van der Waals surface area contributed by atoms with Crippen LogP contribution in [0.25, 0.3) is 10.2 Å². The van der Waals surface area contributed by atoms with Crippen LogP contribution in [0.2, 0.25) is 0 Å². The van der Waals surface area contributed by atoms with Gasteiger partial charge in [-0.2, -0.15) is 0 Å². The zero-order valence-electron chi connectivity index (χ0n) is 9.57. The predicted molar refractivity (Wildman–Crippen MR) is 73.8 cm³/mol. The molecule has 2 heterocycles. The number of hydrogen-bond donors (Lipinski definition) is 0. The second-order valence-corrected chi connectivity index (χ2v) is 6.73. The van der Waals surface area contributed by atoms with Crippen molar-refractivity contribution < 1.29 is 0 Å². The van der Waals surface area contributed by atoms with Crippen molar-refractivity contribution in [3.05, 3.63) is 17.3 Å². The first kappa shape index (κ1) is 11.8. The molecule has 86 valence electrons. The Balaban J connectivity index is 2.43. The molecular formula is C11H14BrN3S. The highest BCUT2D eigenvalue weighted by molar-refractivity contribution is 9.09. The molecule has 2 rings (SSSR count). The van der Waals surface area contributed by atoms with Gasteiger partial charge in [0.15, 0.2) is 0 Å². The summed E-state index contributed by atoms with van der Waals surface area (Å²) in [6.45, 7) is 5.16. The minimum atomic E-state index is 0.447. The first-order chi connectivity index (χ1) is 7.58. The molecule has 2 aromatic rings. The molecule has 1 unspecified atom stereocenters. The lowest BCUT2D eigenvalue weighted by Crippen LogP contribution is -2.24. The Morgan fingerprint density at radius 1 is 1.50 bits per heavy atom. The second kappa shape index (κ2) is 4.67. The standard InChI is InChI=1S/C11H14BrN3S/c1-7(12)5-15(3)10-9-4-8(2)16-11(9)14-6-13-10/h4,6-7H,5H2,1-3H3. The van der Waals surface area contributed by atoms with E-state index >= 15 is 0 Å². The molecule has 0 saturated heterocycles. The quantitative estimate of drug-likeness (QED) is 0.815. The van der Waals surface area contributed by atoms with E-state index in [4.69, 9.17) is 0 Å². The fraction of sp³-hybridized carbons (Fsp3) is 0.455. The summed E-state index contributed by atoms with van der Waals surface area (Å²) in [5, 5.41) is 1.15. The Morgan fingerprint density at radius 3 is 2.94 bits per heavy atom. The third-order valence-corrected chi connectivity index (χ3v) is 3.57. The van der Waals surface area contributed by atoms with Crippen LogP contribution in [0.3, 0.4) is 0 Å². The summed E-state index contributed by atoms with van der Waals surface area (Å²) in [5.41, 5.74) is 0. The maximum absolute atomic E-state index is 4.37. The van der Waals surface area contributed by atoms with Crippen LogP contribution in [-0.4, -0.2) is 28.4 Å². The van der Waals surface area contributed by atoms with Crippen molar-refractivity contribution >= 4 is 43.3 Å². The number of thiophene rings is 1. The van der Waals surface area contributed by atoms with Crippen molar-refractivity contribution in [3.63, 3.8) is 0 Å². The van der Waals surface area contributed by atoms with Gasteiger partial charge in [-0.1, -0.05) is 22.9 Å². The van der Waals surface area contributed by atoms with Gasteiger partial charge in [0.2, 0.25) is 0 Å². The highest BCUT2D eigenvalue weighted by Gasteiger charge is 2.11. The Hall–Kier alpha value is -0.680. The molecule has 0 spiro atoms. The lowest BCUT2D eigenvalue weighted by Gasteiger charge is -2.19. The van der Waals surface area contributed by atoms with Crippen molar-refractivity contribution in [2.75, 3.05) is 18.5 Å². The Morgan fingerprint density at radius 2 is 2.25 bits per heavy atom. The zero-order valence-corrected chi connectivity index (χ0v) is 12.0. The highest BCUT2D eigenvalue weighted by Crippen LogP contribution is 2.29. The summed E-state index contributed by atoms with van der Waals surface area (Å²) in [6, 6.07) is 2.16. The minimum Gasteiger partial charge on any atom is -0.358 e. The third kappa shape index (κ3) is 2.35. The Kier molecular flexibility index (Phi) is 3.44. The van der Waals surface area contributed by atoms with Crippen molar-refractivity contribution in [2.45, 2.75) is 18.7 Å². The van der Waals surface area contributed by atoms with Crippen LogP contribution in [0, 0.1) is 6.92 Å². The fourth-order valence-corrected chi connectivity index (χ4v) is 3.01. The summed E-state index contributed by atoms with van der Waals surface area (Å²) >= 11 is 5.27. The van der Waals surface area contributed by atoms with Crippen molar-refractivity contribution in [3.8, 4) is 0 Å². The van der Waals surface area contributed by atoms with Crippen molar-refractivity contribution in [1.82, 2.24) is 9.97 Å². The van der Waals surface area contributed by atoms with Crippen LogP contribution in [0.4, 0.5) is 5.82 Å². The van der Waals surface area contributed by atoms with Gasteiger partial charge in [-0.25, -0.2) is 9.97 Å². The fourth-order valence-electron chi connectivity index (χ4n) is 1.73. The first-order valence-corrected chi connectivity index (χ1v) is 6.87. The minimum absolute atomic E-state index is 0.447. The molecule has 3 nitrogen and oxygen atoms in total. The number of fused-ring (bicyclic) bond motifs is 1. The average Bonchev–Trinajstić information content (AvgIpc) is 2.55. The van der Waals surface area contributed by atoms with E-state index in [1.807, 2.05) is 0 Å². The van der Waals surface area contributed by atoms with Crippen molar-refractivity contribution in [2.24, 2.45) is 0 Å². The maximum Gasteiger partial charge on any atom is 0.140 e. The predicted octanol–water partition coefficient (Wildman–Crippen LogP) is 3.22. The molecule has 0 aliphatic rings. The first-order valence-electron chi connectivity index (χ1n) is 5.14. The van der Waals surface area contributed by atoms with Gasteiger partial charge in [0.25, 0.3) is 0 Å². The number of nitrogens with zero attached hydrogens (tertiary/aromatic N) is 3. The highest BCUT2D eigenvalue weighted by atomic mass is 79.9. The van der Waals surface area contributed by atoms with Gasteiger partial charge in [0.1, 0.15) is 17.0 Å². The number of alkyl halides is 1. The molecule has 0 aromatic carbocycles. The van der Waals surface area contributed by atoms with Gasteiger partial charge in [0, 0.05) is 23.3 Å². The van der Waals surface area contributed by atoms with E-state index < -0.39 is 0 Å². The lowest BCUT2D eigenvalue weighted by atomic mass is 10.3. The van der Waals surface area contributed by atoms with Gasteiger partial charge < -0.3 is 4.90 Å². The molecule has 5 heteroatoms. The van der Waals surface area contributed by atoms with Crippen LogP contribution < -0.4 is 4.90 Å². The Bertz CT molecular complexity index is 495. The molecule has 0 radical (unpaired) electrons. The van der Waals surface area contributed by atoms with Gasteiger partial charge in [0.05, 0.1) is 5.39 Å².